The fourth-order valence-corrected chi connectivity index (χ4v) is 3.34. The molecule has 2 rings (SSSR count). The lowest BCUT2D eigenvalue weighted by Gasteiger charge is -2.31. The van der Waals surface area contributed by atoms with Gasteiger partial charge in [-0.15, -0.1) is 0 Å². The van der Waals surface area contributed by atoms with Crippen molar-refractivity contribution >= 4 is 5.96 Å². The predicted octanol–water partition coefficient (Wildman–Crippen LogP) is 2.69. The Kier molecular flexibility index (Phi) is 7.34. The van der Waals surface area contributed by atoms with Gasteiger partial charge in [-0.2, -0.15) is 0 Å². The first-order valence-corrected chi connectivity index (χ1v) is 9.03. The number of hydrogen-bond acceptors (Lipinski definition) is 2. The molecule has 2 fully saturated rings. The number of nitrogens with zero attached hydrogens (tertiary/aromatic N) is 3. The van der Waals surface area contributed by atoms with Gasteiger partial charge >= 0.3 is 0 Å². The highest BCUT2D eigenvalue weighted by molar-refractivity contribution is 5.78. The van der Waals surface area contributed by atoms with E-state index in [1.54, 1.807) is 0 Å². The molecule has 2 saturated heterocycles. The first kappa shape index (κ1) is 16.6. The fraction of sp³-hybridized carbons (Fsp3) is 0.941. The van der Waals surface area contributed by atoms with Crippen LogP contribution < -0.4 is 5.73 Å². The summed E-state index contributed by atoms with van der Waals surface area (Å²) in [6.07, 6.45) is 10.5. The molecule has 2 heterocycles. The van der Waals surface area contributed by atoms with Gasteiger partial charge in [-0.05, 0) is 64.1 Å². The van der Waals surface area contributed by atoms with Gasteiger partial charge in [0.25, 0.3) is 0 Å². The second-order valence-electron chi connectivity index (χ2n) is 6.87. The fourth-order valence-electron chi connectivity index (χ4n) is 3.34. The van der Waals surface area contributed by atoms with E-state index < -0.39 is 0 Å². The van der Waals surface area contributed by atoms with Crippen LogP contribution in [0.5, 0.6) is 0 Å². The van der Waals surface area contributed by atoms with Gasteiger partial charge in [0.2, 0.25) is 0 Å². The molecule has 0 atom stereocenters. The number of unbranched alkanes of at least 4 members (excludes halogenated alkanes) is 2. The van der Waals surface area contributed by atoms with Gasteiger partial charge < -0.3 is 15.5 Å². The van der Waals surface area contributed by atoms with Gasteiger partial charge in [-0.1, -0.05) is 19.8 Å². The maximum absolute atomic E-state index is 6.09. The summed E-state index contributed by atoms with van der Waals surface area (Å²) < 4.78 is 0. The van der Waals surface area contributed by atoms with Gasteiger partial charge in [0.05, 0.1) is 0 Å². The highest BCUT2D eigenvalue weighted by Crippen LogP contribution is 2.15. The lowest BCUT2D eigenvalue weighted by atomic mass is 10.00. The van der Waals surface area contributed by atoms with Crippen LogP contribution in [-0.4, -0.2) is 55.0 Å². The Morgan fingerprint density at radius 1 is 1.00 bits per heavy atom. The molecule has 4 nitrogen and oxygen atoms in total. The van der Waals surface area contributed by atoms with E-state index in [9.17, 15) is 0 Å². The Balaban J connectivity index is 1.51. The van der Waals surface area contributed by atoms with Crippen molar-refractivity contribution in [3.05, 3.63) is 0 Å². The molecule has 0 aromatic carbocycles. The second-order valence-corrected chi connectivity index (χ2v) is 6.87. The first-order valence-electron chi connectivity index (χ1n) is 9.03. The van der Waals surface area contributed by atoms with Crippen molar-refractivity contribution < 1.29 is 0 Å². The van der Waals surface area contributed by atoms with Gasteiger partial charge in [0.15, 0.2) is 5.96 Å². The van der Waals surface area contributed by atoms with Crippen LogP contribution in [0.2, 0.25) is 0 Å². The van der Waals surface area contributed by atoms with E-state index in [1.165, 1.54) is 71.0 Å². The van der Waals surface area contributed by atoms with Crippen LogP contribution in [0.25, 0.3) is 0 Å². The Morgan fingerprint density at radius 2 is 1.71 bits per heavy atom. The van der Waals surface area contributed by atoms with Crippen LogP contribution in [0.1, 0.15) is 58.3 Å². The average molecular weight is 294 g/mol. The van der Waals surface area contributed by atoms with Crippen molar-refractivity contribution in [3.63, 3.8) is 0 Å². The minimum Gasteiger partial charge on any atom is -0.370 e. The maximum Gasteiger partial charge on any atom is 0.191 e. The highest BCUT2D eigenvalue weighted by Gasteiger charge is 2.16. The molecule has 0 spiro atoms. The third-order valence-corrected chi connectivity index (χ3v) is 4.96. The Morgan fingerprint density at radius 3 is 2.43 bits per heavy atom. The first-order chi connectivity index (χ1) is 10.3. The lowest BCUT2D eigenvalue weighted by Crippen LogP contribution is -2.42. The van der Waals surface area contributed by atoms with Crippen molar-refractivity contribution in [2.24, 2.45) is 16.6 Å². The molecule has 0 radical (unpaired) electrons. The quantitative estimate of drug-likeness (QED) is 0.465. The summed E-state index contributed by atoms with van der Waals surface area (Å²) in [5.41, 5.74) is 6.09. The van der Waals surface area contributed by atoms with E-state index in [0.29, 0.717) is 0 Å². The summed E-state index contributed by atoms with van der Waals surface area (Å²) >= 11 is 0. The van der Waals surface area contributed by atoms with Crippen molar-refractivity contribution in [1.82, 2.24) is 9.80 Å². The summed E-state index contributed by atoms with van der Waals surface area (Å²) in [6.45, 7) is 9.32. The second kappa shape index (κ2) is 9.29. The maximum atomic E-state index is 6.09. The number of piperidine rings is 2. The van der Waals surface area contributed by atoms with E-state index in [4.69, 9.17) is 5.73 Å². The van der Waals surface area contributed by atoms with Crippen LogP contribution in [0, 0.1) is 5.92 Å². The molecule has 0 saturated carbocycles. The summed E-state index contributed by atoms with van der Waals surface area (Å²) in [5.74, 6) is 1.63. The Bertz CT molecular complexity index is 302. The van der Waals surface area contributed by atoms with E-state index in [2.05, 4.69) is 21.7 Å². The van der Waals surface area contributed by atoms with Crippen molar-refractivity contribution in [1.29, 1.82) is 0 Å². The van der Waals surface area contributed by atoms with Crippen LogP contribution in [-0.2, 0) is 0 Å². The monoisotopic (exact) mass is 294 g/mol. The van der Waals surface area contributed by atoms with Gasteiger partial charge in [-0.3, -0.25) is 4.99 Å². The number of guanidine groups is 1. The topological polar surface area (TPSA) is 44.9 Å². The van der Waals surface area contributed by atoms with Crippen LogP contribution in [0.4, 0.5) is 0 Å². The van der Waals surface area contributed by atoms with Crippen LogP contribution in [0.3, 0.4) is 0 Å². The number of rotatable bonds is 6. The van der Waals surface area contributed by atoms with Gasteiger partial charge in [-0.25, -0.2) is 0 Å². The average Bonchev–Trinajstić information content (AvgIpc) is 2.52. The van der Waals surface area contributed by atoms with E-state index in [1.807, 2.05) is 0 Å². The number of hydrogen-bond donors (Lipinski definition) is 1. The molecule has 122 valence electrons. The minimum absolute atomic E-state index is 0.776. The SMILES string of the molecule is CC1CCN(C(N)=NCCCCCN2CCCCC2)CC1. The Hall–Kier alpha value is -0.770. The summed E-state index contributed by atoms with van der Waals surface area (Å²) in [4.78, 5) is 9.44. The zero-order chi connectivity index (χ0) is 14.9. The molecule has 4 heteroatoms. The highest BCUT2D eigenvalue weighted by atomic mass is 15.3. The molecule has 0 bridgehead atoms. The summed E-state index contributed by atoms with van der Waals surface area (Å²) in [6, 6.07) is 0. The number of nitrogens with two attached hydrogens (primary N) is 1. The normalized spacial score (nSPS) is 22.7. The number of likely N-dealkylation sites (tertiary alicyclic amines) is 2. The van der Waals surface area contributed by atoms with Crippen LogP contribution >= 0.6 is 0 Å². The van der Waals surface area contributed by atoms with Crippen molar-refractivity contribution in [2.75, 3.05) is 39.3 Å². The largest absolute Gasteiger partial charge is 0.370 e. The smallest absolute Gasteiger partial charge is 0.191 e. The van der Waals surface area contributed by atoms with Gasteiger partial charge in [0, 0.05) is 19.6 Å². The molecular weight excluding hydrogens is 260 g/mol. The third-order valence-electron chi connectivity index (χ3n) is 4.96. The molecule has 0 amide bonds. The van der Waals surface area contributed by atoms with Crippen molar-refractivity contribution in [3.8, 4) is 0 Å². The third kappa shape index (κ3) is 6.25. The van der Waals surface area contributed by atoms with Crippen molar-refractivity contribution in [2.45, 2.75) is 58.3 Å². The molecule has 0 aromatic rings. The molecular formula is C17H34N4. The van der Waals surface area contributed by atoms with E-state index in [0.717, 1.165) is 31.5 Å². The molecule has 0 unspecified atom stereocenters. The molecule has 0 aliphatic carbocycles. The zero-order valence-corrected chi connectivity index (χ0v) is 13.9. The van der Waals surface area contributed by atoms with Crippen LogP contribution in [0.15, 0.2) is 4.99 Å². The summed E-state index contributed by atoms with van der Waals surface area (Å²) in [7, 11) is 0. The zero-order valence-electron chi connectivity index (χ0n) is 13.9. The summed E-state index contributed by atoms with van der Waals surface area (Å²) in [5, 5.41) is 0. The van der Waals surface area contributed by atoms with E-state index >= 15 is 0 Å². The lowest BCUT2D eigenvalue weighted by molar-refractivity contribution is 0.224. The molecule has 0 aromatic heterocycles. The van der Waals surface area contributed by atoms with E-state index in [-0.39, 0.29) is 0 Å². The predicted molar refractivity (Wildman–Crippen MR) is 90.6 cm³/mol. The molecule has 2 aliphatic rings. The number of aliphatic imine (C=N–C) groups is 1. The molecule has 2 aliphatic heterocycles. The molecule has 21 heavy (non-hydrogen) atoms. The molecule has 2 N–H and O–H groups in total. The Labute approximate surface area is 130 Å². The van der Waals surface area contributed by atoms with Gasteiger partial charge in [0.1, 0.15) is 0 Å². The standard InChI is InChI=1S/C17H34N4/c1-16-8-14-21(15-9-16)17(18)19-10-4-2-5-11-20-12-6-3-7-13-20/h16H,2-15H2,1H3,(H2,18,19). The minimum atomic E-state index is 0.776.